The Morgan fingerprint density at radius 3 is 1.86 bits per heavy atom. The minimum absolute atomic E-state index is 0.106. The van der Waals surface area contributed by atoms with E-state index in [1.807, 2.05) is 0 Å². The Labute approximate surface area is 56.6 Å². The Morgan fingerprint density at radius 2 is 1.86 bits per heavy atom. The van der Waals surface area contributed by atoms with Gasteiger partial charge in [0.2, 0.25) is 0 Å². The summed E-state index contributed by atoms with van der Waals surface area (Å²) in [5.41, 5.74) is 0. The maximum atomic E-state index is 9.65. The second-order valence-electron chi connectivity index (χ2n) is 0.555. The van der Waals surface area contributed by atoms with Crippen LogP contribution in [0.1, 0.15) is 0 Å². The van der Waals surface area contributed by atoms with E-state index in [0.29, 0.717) is 0 Å². The summed E-state index contributed by atoms with van der Waals surface area (Å²) >= 11 is 5.14. The molecule has 1 saturated heterocycles. The van der Waals surface area contributed by atoms with E-state index in [0.717, 1.165) is 0 Å². The van der Waals surface area contributed by atoms with Crippen molar-refractivity contribution in [2.24, 2.45) is 0 Å². The summed E-state index contributed by atoms with van der Waals surface area (Å²) in [4.78, 5) is 9.65. The summed E-state index contributed by atoms with van der Waals surface area (Å²) in [7, 11) is 0. The summed E-state index contributed by atoms with van der Waals surface area (Å²) in [5.74, 6) is 1.62. The van der Waals surface area contributed by atoms with Crippen LogP contribution in [0.2, 0.25) is 5.89 Å². The average molecular weight is 195 g/mol. The van der Waals surface area contributed by atoms with Crippen LogP contribution in [0.15, 0.2) is 0 Å². The Hall–Kier alpha value is 0.283. The number of carbonyl (C=O) groups excluding carboxylic acids is 1. The van der Waals surface area contributed by atoms with Gasteiger partial charge in [-0.25, -0.2) is 0 Å². The van der Waals surface area contributed by atoms with E-state index in [1.54, 1.807) is 5.89 Å². The molecule has 0 aromatic rings. The quantitative estimate of drug-likeness (QED) is 0.516. The third kappa shape index (κ3) is 2.92. The van der Waals surface area contributed by atoms with E-state index in [2.05, 4.69) is 24.1 Å². The van der Waals surface area contributed by atoms with Crippen LogP contribution < -0.4 is 8.67 Å². The number of amides is 2. The molecule has 5 heteroatoms. The van der Waals surface area contributed by atoms with Crippen LogP contribution in [0.5, 0.6) is 0 Å². The monoisotopic (exact) mass is 194 g/mol. The van der Waals surface area contributed by atoms with Crippen molar-refractivity contribution < 1.29 is 35.7 Å². The van der Waals surface area contributed by atoms with Gasteiger partial charge < -0.3 is 0 Å². The van der Waals surface area contributed by atoms with Gasteiger partial charge in [0.1, 0.15) is 0 Å². The molecule has 0 unspecified atom stereocenters. The molecule has 0 aliphatic carbocycles. The van der Waals surface area contributed by atoms with Crippen molar-refractivity contribution >= 4 is 6.03 Å². The van der Waals surface area contributed by atoms with Gasteiger partial charge in [-0.05, 0) is 0 Å². The van der Waals surface area contributed by atoms with E-state index >= 15 is 0 Å². The zero-order valence-corrected chi connectivity index (χ0v) is 5.46. The number of rotatable bonds is 0. The van der Waals surface area contributed by atoms with E-state index in [-0.39, 0.29) is 6.03 Å². The number of hydrogen-bond acceptors (Lipinski definition) is 1. The van der Waals surface area contributed by atoms with Crippen LogP contribution in [-0.2, 0) is 30.9 Å². The summed E-state index contributed by atoms with van der Waals surface area (Å²) in [6.45, 7) is 0. The third-order valence-electron chi connectivity index (χ3n) is 0.212. The molecule has 3 nitrogen and oxygen atoms in total. The molecule has 50 valence electrons. The molecule has 2 amide bonds. The van der Waals surface area contributed by atoms with Crippen molar-refractivity contribution in [3.63, 3.8) is 0 Å². The van der Waals surface area contributed by atoms with Gasteiger partial charge in [0.25, 0.3) is 0 Å². The predicted molar refractivity (Wildman–Crippen MR) is 17.5 cm³/mol. The first-order valence-corrected chi connectivity index (χ1v) is 3.25. The molecular formula is C2H5CuN2NiO. The van der Waals surface area contributed by atoms with Gasteiger partial charge in [-0.3, -0.25) is 0 Å². The second kappa shape index (κ2) is 4.44. The Balaban J connectivity index is 0.000000162. The van der Waals surface area contributed by atoms with Gasteiger partial charge in [0.15, 0.2) is 0 Å². The van der Waals surface area contributed by atoms with Gasteiger partial charge in [0.05, 0.1) is 0 Å². The van der Waals surface area contributed by atoms with Crippen molar-refractivity contribution in [2.75, 3.05) is 0 Å². The zero-order chi connectivity index (χ0) is 5.70. The third-order valence-corrected chi connectivity index (χ3v) is 0.875. The van der Waals surface area contributed by atoms with Crippen molar-refractivity contribution in [2.45, 2.75) is 5.89 Å². The van der Waals surface area contributed by atoms with Gasteiger partial charge in [-0.15, -0.1) is 0 Å². The Kier molecular flexibility index (Phi) is 4.62. The second-order valence-corrected chi connectivity index (χ2v) is 1.26. The molecule has 0 atom stereocenters. The summed E-state index contributed by atoms with van der Waals surface area (Å²) < 4.78 is 4.73. The van der Waals surface area contributed by atoms with E-state index < -0.39 is 0 Å². The standard InChI is InChI=1S/CH3N2O.CH3.Cu.Ni/c2-1(3)4;;;/h(H3-,2,3,4);1H3;;/q-1;;+2;/p-1. The Morgan fingerprint density at radius 1 is 1.57 bits per heavy atom. The van der Waals surface area contributed by atoms with Crippen LogP contribution >= 0.6 is 0 Å². The fourth-order valence-electron chi connectivity index (χ4n) is 0.0685. The SMILES string of the molecule is O=C1[NH][Cu][NH]1.[CH3][Ni]. The van der Waals surface area contributed by atoms with Gasteiger partial charge in [0, 0.05) is 0 Å². The topological polar surface area (TPSA) is 41.1 Å². The molecule has 7 heavy (non-hydrogen) atoms. The first-order valence-electron chi connectivity index (χ1n) is 1.32. The van der Waals surface area contributed by atoms with Crippen molar-refractivity contribution in [1.82, 2.24) is 8.67 Å². The van der Waals surface area contributed by atoms with Gasteiger partial charge >= 0.3 is 56.2 Å². The van der Waals surface area contributed by atoms with E-state index in [1.165, 1.54) is 15.4 Å². The molecule has 0 aromatic heterocycles. The molecule has 0 radical (unpaired) electrons. The molecule has 1 aliphatic heterocycles. The molecule has 2 N–H and O–H groups in total. The number of nitrogens with one attached hydrogen (secondary N) is 2. The normalized spacial score (nSPS) is 15.6. The van der Waals surface area contributed by atoms with Crippen molar-refractivity contribution in [3.05, 3.63) is 0 Å². The van der Waals surface area contributed by atoms with Gasteiger partial charge in [-0.2, -0.15) is 0 Å². The van der Waals surface area contributed by atoms with Crippen LogP contribution in [0, 0.1) is 0 Å². The molecule has 1 rings (SSSR count). The van der Waals surface area contributed by atoms with Crippen molar-refractivity contribution in [3.8, 4) is 0 Å². The molecule has 1 aliphatic rings. The first kappa shape index (κ1) is 7.28. The molecular weight excluding hydrogens is 190 g/mol. The van der Waals surface area contributed by atoms with Crippen molar-refractivity contribution in [1.29, 1.82) is 0 Å². The number of hydrogen-bond donors (Lipinski definition) is 2. The van der Waals surface area contributed by atoms with E-state index in [4.69, 9.17) is 0 Å². The van der Waals surface area contributed by atoms with Gasteiger partial charge in [-0.1, -0.05) is 0 Å². The number of carbonyl (C=O) groups is 1. The zero-order valence-electron chi connectivity index (χ0n) is 3.53. The Bertz CT molecular complexity index is 62.7. The maximum absolute atomic E-state index is 9.65. The molecule has 0 spiro atoms. The number of urea groups is 1. The summed E-state index contributed by atoms with van der Waals surface area (Å²) in [6, 6.07) is -0.106. The van der Waals surface area contributed by atoms with Crippen LogP contribution in [0.3, 0.4) is 0 Å². The molecule has 0 saturated carbocycles. The van der Waals surface area contributed by atoms with Crippen LogP contribution in [0.4, 0.5) is 4.79 Å². The van der Waals surface area contributed by atoms with Crippen LogP contribution in [0.25, 0.3) is 0 Å². The predicted octanol–water partition coefficient (Wildman–Crippen LogP) is -0.207. The molecule has 1 heterocycles. The summed E-state index contributed by atoms with van der Waals surface area (Å²) in [6.07, 6.45) is 0. The van der Waals surface area contributed by atoms with E-state index in [9.17, 15) is 4.79 Å². The molecule has 1 fully saturated rings. The minimum atomic E-state index is -0.106. The summed E-state index contributed by atoms with van der Waals surface area (Å²) in [5, 5.41) is 0. The fourth-order valence-corrected chi connectivity index (χ4v) is 0.282. The fraction of sp³-hybridized carbons (Fsp3) is 0.500. The molecule has 0 bridgehead atoms. The average Bonchev–Trinajstić information content (AvgIpc) is 1.68. The first-order chi connectivity index (χ1) is 3.39. The molecule has 0 aromatic carbocycles. The van der Waals surface area contributed by atoms with Crippen LogP contribution in [-0.4, -0.2) is 6.03 Å².